The van der Waals surface area contributed by atoms with Gasteiger partial charge >= 0.3 is 5.69 Å². The Labute approximate surface area is 188 Å². The molecule has 1 saturated carbocycles. The minimum Gasteiger partial charge on any atom is -0.356 e. The highest BCUT2D eigenvalue weighted by Crippen LogP contribution is 2.28. The molecule has 1 atom stereocenters. The van der Waals surface area contributed by atoms with E-state index in [-0.39, 0.29) is 17.2 Å². The molecule has 3 heterocycles. The summed E-state index contributed by atoms with van der Waals surface area (Å²) in [4.78, 5) is 44.7. The van der Waals surface area contributed by atoms with E-state index in [1.54, 1.807) is 7.05 Å². The second-order valence-corrected chi connectivity index (χ2v) is 9.60. The van der Waals surface area contributed by atoms with Crippen molar-refractivity contribution in [3.8, 4) is 0 Å². The van der Waals surface area contributed by atoms with Gasteiger partial charge in [0.2, 0.25) is 5.91 Å². The number of likely N-dealkylation sites (tertiary alicyclic amines) is 1. The number of hydrogen-bond acceptors (Lipinski definition) is 5. The fourth-order valence-corrected chi connectivity index (χ4v) is 5.52. The number of carbonyl (C=O) groups excluding carboxylic acids is 1. The van der Waals surface area contributed by atoms with Crippen LogP contribution in [0, 0.1) is 19.8 Å². The fourth-order valence-electron chi connectivity index (χ4n) is 5.52. The molecular formula is C24H35N5O3. The van der Waals surface area contributed by atoms with Crippen LogP contribution in [0.4, 0.5) is 0 Å². The fraction of sp³-hybridized carbons (Fsp3) is 0.667. The van der Waals surface area contributed by atoms with E-state index in [0.29, 0.717) is 29.8 Å². The molecule has 1 aliphatic heterocycles. The second-order valence-electron chi connectivity index (χ2n) is 9.60. The van der Waals surface area contributed by atoms with Crippen LogP contribution < -0.4 is 16.6 Å². The molecule has 0 unspecified atom stereocenters. The van der Waals surface area contributed by atoms with Gasteiger partial charge in [0.1, 0.15) is 5.65 Å². The Morgan fingerprint density at radius 3 is 2.53 bits per heavy atom. The van der Waals surface area contributed by atoms with E-state index in [1.807, 2.05) is 13.8 Å². The third-order valence-electron chi connectivity index (χ3n) is 7.52. The summed E-state index contributed by atoms with van der Waals surface area (Å²) < 4.78 is 2.52. The molecule has 1 amide bonds. The lowest BCUT2D eigenvalue weighted by atomic mass is 9.99. The predicted molar refractivity (Wildman–Crippen MR) is 125 cm³/mol. The molecule has 0 spiro atoms. The highest BCUT2D eigenvalue weighted by molar-refractivity contribution is 5.80. The minimum absolute atomic E-state index is 0.0385. The largest absolute Gasteiger partial charge is 0.356 e. The maximum absolute atomic E-state index is 12.7. The Kier molecular flexibility index (Phi) is 6.51. The van der Waals surface area contributed by atoms with Gasteiger partial charge < -0.3 is 10.2 Å². The molecule has 8 nitrogen and oxygen atoms in total. The average molecular weight is 442 g/mol. The first-order valence-corrected chi connectivity index (χ1v) is 11.8. The maximum atomic E-state index is 12.7. The number of nitrogens with zero attached hydrogens (tertiary/aromatic N) is 4. The zero-order valence-electron chi connectivity index (χ0n) is 19.7. The molecule has 0 aromatic carbocycles. The normalized spacial score (nSPS) is 19.8. The number of hydrogen-bond donors (Lipinski definition) is 1. The summed E-state index contributed by atoms with van der Waals surface area (Å²) in [5, 5.41) is 3.57. The Balaban J connectivity index is 1.39. The lowest BCUT2D eigenvalue weighted by Crippen LogP contribution is -2.38. The van der Waals surface area contributed by atoms with E-state index in [0.717, 1.165) is 53.5 Å². The zero-order chi connectivity index (χ0) is 23.0. The van der Waals surface area contributed by atoms with Crippen molar-refractivity contribution in [2.45, 2.75) is 64.8 Å². The van der Waals surface area contributed by atoms with Crippen LogP contribution in [0.1, 0.15) is 55.3 Å². The number of nitrogens with one attached hydrogen (secondary N) is 1. The number of rotatable bonds is 6. The van der Waals surface area contributed by atoms with Gasteiger partial charge in [-0.3, -0.25) is 18.7 Å². The smallest absolute Gasteiger partial charge is 0.332 e. The van der Waals surface area contributed by atoms with Crippen LogP contribution in [-0.2, 0) is 25.3 Å². The number of fused-ring (bicyclic) bond motifs is 1. The molecule has 1 aliphatic carbocycles. The van der Waals surface area contributed by atoms with Crippen molar-refractivity contribution in [3.63, 3.8) is 0 Å². The van der Waals surface area contributed by atoms with Gasteiger partial charge in [-0.15, -0.1) is 0 Å². The van der Waals surface area contributed by atoms with E-state index in [2.05, 4.69) is 15.2 Å². The first-order valence-electron chi connectivity index (χ1n) is 11.8. The van der Waals surface area contributed by atoms with Gasteiger partial charge in [0.15, 0.2) is 0 Å². The molecule has 2 aliphatic rings. The van der Waals surface area contributed by atoms with Crippen molar-refractivity contribution in [1.29, 1.82) is 0 Å². The highest BCUT2D eigenvalue weighted by atomic mass is 16.2. The number of carbonyl (C=O) groups is 1. The van der Waals surface area contributed by atoms with Gasteiger partial charge in [0.05, 0.1) is 5.39 Å². The van der Waals surface area contributed by atoms with E-state index < -0.39 is 0 Å². The third-order valence-corrected chi connectivity index (χ3v) is 7.52. The quantitative estimate of drug-likeness (QED) is 0.735. The van der Waals surface area contributed by atoms with Gasteiger partial charge in [0, 0.05) is 45.3 Å². The molecule has 1 N–H and O–H groups in total. The summed E-state index contributed by atoms with van der Waals surface area (Å²) in [5.74, 6) is 0.575. The van der Waals surface area contributed by atoms with E-state index >= 15 is 0 Å². The van der Waals surface area contributed by atoms with Crippen molar-refractivity contribution in [2.75, 3.05) is 19.6 Å². The van der Waals surface area contributed by atoms with Crippen LogP contribution in [0.25, 0.3) is 11.0 Å². The van der Waals surface area contributed by atoms with Gasteiger partial charge in [-0.2, -0.15) is 0 Å². The summed E-state index contributed by atoms with van der Waals surface area (Å²) in [6.45, 7) is 6.74. The molecule has 0 radical (unpaired) electrons. The lowest BCUT2D eigenvalue weighted by molar-refractivity contribution is -0.121. The molecule has 8 heteroatoms. The van der Waals surface area contributed by atoms with Crippen molar-refractivity contribution in [3.05, 3.63) is 37.7 Å². The number of pyridine rings is 1. The van der Waals surface area contributed by atoms with Crippen molar-refractivity contribution >= 4 is 16.9 Å². The molecule has 0 bridgehead atoms. The molecule has 2 aromatic heterocycles. The molecule has 1 saturated heterocycles. The maximum Gasteiger partial charge on any atom is 0.332 e. The van der Waals surface area contributed by atoms with Crippen LogP contribution in [0.5, 0.6) is 0 Å². The number of aromatic nitrogens is 3. The van der Waals surface area contributed by atoms with Crippen molar-refractivity contribution in [1.82, 2.24) is 24.3 Å². The molecule has 2 aromatic rings. The van der Waals surface area contributed by atoms with Crippen LogP contribution in [0.2, 0.25) is 0 Å². The Morgan fingerprint density at radius 1 is 1.09 bits per heavy atom. The van der Waals surface area contributed by atoms with E-state index in [1.165, 1.54) is 37.3 Å². The summed E-state index contributed by atoms with van der Waals surface area (Å²) >= 11 is 0. The summed E-state index contributed by atoms with van der Waals surface area (Å²) in [5.41, 5.74) is 2.14. The summed E-state index contributed by atoms with van der Waals surface area (Å²) in [7, 11) is 3.10. The first-order chi connectivity index (χ1) is 15.3. The first kappa shape index (κ1) is 22.7. The number of amides is 1. The average Bonchev–Trinajstić information content (AvgIpc) is 3.46. The Morgan fingerprint density at radius 2 is 1.81 bits per heavy atom. The molecular weight excluding hydrogens is 406 g/mol. The highest BCUT2D eigenvalue weighted by Gasteiger charge is 2.30. The van der Waals surface area contributed by atoms with E-state index in [9.17, 15) is 14.4 Å². The minimum atomic E-state index is -0.390. The third kappa shape index (κ3) is 4.25. The van der Waals surface area contributed by atoms with Crippen molar-refractivity contribution < 1.29 is 4.79 Å². The van der Waals surface area contributed by atoms with Crippen LogP contribution in [0.15, 0.2) is 9.59 Å². The Hall–Kier alpha value is -2.48. The van der Waals surface area contributed by atoms with Crippen LogP contribution >= 0.6 is 0 Å². The van der Waals surface area contributed by atoms with Gasteiger partial charge in [0.25, 0.3) is 5.56 Å². The number of aryl methyl sites for hydroxylation is 3. The monoisotopic (exact) mass is 441 g/mol. The topological polar surface area (TPSA) is 89.2 Å². The predicted octanol–water partition coefficient (Wildman–Crippen LogP) is 1.56. The molecule has 174 valence electrons. The van der Waals surface area contributed by atoms with E-state index in [4.69, 9.17) is 0 Å². The molecule has 2 fully saturated rings. The van der Waals surface area contributed by atoms with Gasteiger partial charge in [-0.25, -0.2) is 9.78 Å². The lowest BCUT2D eigenvalue weighted by Gasteiger charge is -2.23. The SMILES string of the molecule is Cc1nc2c(c(C)c1CCC(=O)NC[C@H]1CCN(C3CCCC3)C1)c(=O)n(C)c(=O)n2C. The summed E-state index contributed by atoms with van der Waals surface area (Å²) in [6.07, 6.45) is 7.41. The van der Waals surface area contributed by atoms with Gasteiger partial charge in [-0.05, 0) is 63.1 Å². The standard InChI is InChI=1S/C24H35N5O3/c1-15-19(16(2)26-22-21(15)23(31)28(4)24(32)27(22)3)9-10-20(30)25-13-17-11-12-29(14-17)18-7-5-6-8-18/h17-18H,5-14H2,1-4H3,(H,25,30)/t17-/m1/s1. The van der Waals surface area contributed by atoms with Gasteiger partial charge in [-0.1, -0.05) is 12.8 Å². The summed E-state index contributed by atoms with van der Waals surface area (Å²) in [6, 6.07) is 0.759. The Bertz CT molecular complexity index is 1140. The zero-order valence-corrected chi connectivity index (χ0v) is 19.7. The second kappa shape index (κ2) is 9.17. The molecule has 32 heavy (non-hydrogen) atoms. The molecule has 4 rings (SSSR count). The van der Waals surface area contributed by atoms with Crippen molar-refractivity contribution in [2.24, 2.45) is 20.0 Å². The van der Waals surface area contributed by atoms with Crippen LogP contribution in [-0.4, -0.2) is 50.6 Å². The van der Waals surface area contributed by atoms with Crippen LogP contribution in [0.3, 0.4) is 0 Å².